The maximum absolute atomic E-state index is 12.8. The van der Waals surface area contributed by atoms with Crippen LogP contribution in [0.4, 0.5) is 10.1 Å². The summed E-state index contributed by atoms with van der Waals surface area (Å²) in [6.45, 7) is 0.335. The van der Waals surface area contributed by atoms with E-state index in [-0.39, 0.29) is 12.4 Å². The highest BCUT2D eigenvalue weighted by atomic mass is 19.1. The van der Waals surface area contributed by atoms with Crippen molar-refractivity contribution in [2.75, 3.05) is 19.0 Å². The van der Waals surface area contributed by atoms with Gasteiger partial charge in [-0.3, -0.25) is 4.79 Å². The molecule has 5 nitrogen and oxygen atoms in total. The Bertz CT molecular complexity index is 644. The van der Waals surface area contributed by atoms with Gasteiger partial charge in [0.2, 0.25) is 0 Å². The predicted octanol–water partition coefficient (Wildman–Crippen LogP) is 2.31. The molecule has 2 rings (SSSR count). The Morgan fingerprint density at radius 2 is 1.91 bits per heavy atom. The van der Waals surface area contributed by atoms with Crippen molar-refractivity contribution in [3.8, 4) is 11.5 Å². The molecule has 0 heterocycles. The van der Waals surface area contributed by atoms with Crippen molar-refractivity contribution in [1.82, 2.24) is 0 Å². The quantitative estimate of drug-likeness (QED) is 0.823. The van der Waals surface area contributed by atoms with Crippen LogP contribution in [0.2, 0.25) is 0 Å². The number of hydrogen-bond donors (Lipinski definition) is 2. The second-order valence-electron chi connectivity index (χ2n) is 4.60. The van der Waals surface area contributed by atoms with Crippen molar-refractivity contribution in [3.05, 3.63) is 53.8 Å². The van der Waals surface area contributed by atoms with E-state index < -0.39 is 5.91 Å². The van der Waals surface area contributed by atoms with Crippen LogP contribution in [-0.2, 0) is 11.3 Å². The summed E-state index contributed by atoms with van der Waals surface area (Å²) in [5.41, 5.74) is 6.81. The molecule has 0 aromatic heterocycles. The van der Waals surface area contributed by atoms with Gasteiger partial charge in [0, 0.05) is 12.2 Å². The molecule has 0 saturated heterocycles. The number of carbonyl (C=O) groups is 1. The zero-order valence-corrected chi connectivity index (χ0v) is 12.1. The Balaban J connectivity index is 2.02. The summed E-state index contributed by atoms with van der Waals surface area (Å²) in [4.78, 5) is 10.7. The van der Waals surface area contributed by atoms with E-state index in [0.717, 1.165) is 11.3 Å². The Hall–Kier alpha value is -2.76. The van der Waals surface area contributed by atoms with Gasteiger partial charge in [0.05, 0.1) is 7.11 Å². The van der Waals surface area contributed by atoms with Crippen molar-refractivity contribution in [2.45, 2.75) is 6.54 Å². The van der Waals surface area contributed by atoms with Crippen molar-refractivity contribution in [1.29, 1.82) is 0 Å². The largest absolute Gasteiger partial charge is 0.493 e. The lowest BCUT2D eigenvalue weighted by atomic mass is 10.2. The first kappa shape index (κ1) is 15.6. The van der Waals surface area contributed by atoms with Crippen LogP contribution < -0.4 is 20.5 Å². The van der Waals surface area contributed by atoms with E-state index in [0.29, 0.717) is 18.0 Å². The summed E-state index contributed by atoms with van der Waals surface area (Å²) in [6.07, 6.45) is 0. The van der Waals surface area contributed by atoms with Gasteiger partial charge in [0.15, 0.2) is 18.1 Å². The highest BCUT2D eigenvalue weighted by Crippen LogP contribution is 2.28. The molecule has 2 aromatic carbocycles. The second kappa shape index (κ2) is 7.31. The van der Waals surface area contributed by atoms with Gasteiger partial charge in [0.25, 0.3) is 5.91 Å². The number of primary amides is 1. The van der Waals surface area contributed by atoms with E-state index in [1.165, 1.54) is 19.2 Å². The van der Waals surface area contributed by atoms with Crippen LogP contribution in [0, 0.1) is 5.82 Å². The monoisotopic (exact) mass is 304 g/mol. The van der Waals surface area contributed by atoms with Crippen molar-refractivity contribution in [2.24, 2.45) is 5.73 Å². The highest BCUT2D eigenvalue weighted by Gasteiger charge is 2.07. The summed E-state index contributed by atoms with van der Waals surface area (Å²) in [7, 11) is 1.52. The van der Waals surface area contributed by atoms with Gasteiger partial charge in [-0.2, -0.15) is 0 Å². The SMILES string of the molecule is COc1cc(CNc2ccc(F)cc2)ccc1OCC(N)=O. The first-order chi connectivity index (χ1) is 10.6. The molecule has 0 unspecified atom stereocenters. The average molecular weight is 304 g/mol. The van der Waals surface area contributed by atoms with Crippen LogP contribution in [-0.4, -0.2) is 19.6 Å². The third kappa shape index (κ3) is 4.37. The molecule has 3 N–H and O–H groups in total. The van der Waals surface area contributed by atoms with Crippen molar-refractivity contribution in [3.63, 3.8) is 0 Å². The minimum absolute atomic E-state index is 0.205. The van der Waals surface area contributed by atoms with E-state index in [4.69, 9.17) is 15.2 Å². The van der Waals surface area contributed by atoms with E-state index in [9.17, 15) is 9.18 Å². The van der Waals surface area contributed by atoms with Gasteiger partial charge >= 0.3 is 0 Å². The number of halogens is 1. The van der Waals surface area contributed by atoms with E-state index in [1.807, 2.05) is 6.07 Å². The van der Waals surface area contributed by atoms with Crippen LogP contribution >= 0.6 is 0 Å². The smallest absolute Gasteiger partial charge is 0.255 e. The number of hydrogen-bond acceptors (Lipinski definition) is 4. The Morgan fingerprint density at radius 1 is 1.18 bits per heavy atom. The number of nitrogens with two attached hydrogens (primary N) is 1. The zero-order valence-electron chi connectivity index (χ0n) is 12.1. The topological polar surface area (TPSA) is 73.6 Å². The molecule has 0 aliphatic heterocycles. The predicted molar refractivity (Wildman–Crippen MR) is 81.4 cm³/mol. The minimum Gasteiger partial charge on any atom is -0.493 e. The van der Waals surface area contributed by atoms with E-state index in [1.54, 1.807) is 24.3 Å². The summed E-state index contributed by atoms with van der Waals surface area (Å²) < 4.78 is 23.3. The number of benzene rings is 2. The number of amides is 1. The average Bonchev–Trinajstić information content (AvgIpc) is 2.52. The highest BCUT2D eigenvalue weighted by molar-refractivity contribution is 5.75. The molecule has 1 amide bonds. The number of nitrogens with one attached hydrogen (secondary N) is 1. The van der Waals surface area contributed by atoms with Crippen molar-refractivity contribution < 1.29 is 18.7 Å². The molecular weight excluding hydrogens is 287 g/mol. The van der Waals surface area contributed by atoms with Crippen LogP contribution in [0.3, 0.4) is 0 Å². The molecular formula is C16H17FN2O3. The summed E-state index contributed by atoms with van der Waals surface area (Å²) >= 11 is 0. The lowest BCUT2D eigenvalue weighted by Crippen LogP contribution is -2.20. The molecule has 0 aliphatic rings. The fourth-order valence-electron chi connectivity index (χ4n) is 1.86. The van der Waals surface area contributed by atoms with E-state index >= 15 is 0 Å². The van der Waals surface area contributed by atoms with Crippen molar-refractivity contribution >= 4 is 11.6 Å². The maximum Gasteiger partial charge on any atom is 0.255 e. The van der Waals surface area contributed by atoms with Gasteiger partial charge in [-0.05, 0) is 42.0 Å². The van der Waals surface area contributed by atoms with Crippen LogP contribution in [0.1, 0.15) is 5.56 Å². The third-order valence-electron chi connectivity index (χ3n) is 2.94. The van der Waals surface area contributed by atoms with Crippen LogP contribution in [0.5, 0.6) is 11.5 Å². The molecule has 0 atom stereocenters. The lowest BCUT2D eigenvalue weighted by molar-refractivity contribution is -0.119. The maximum atomic E-state index is 12.8. The van der Waals surface area contributed by atoms with Gasteiger partial charge in [-0.25, -0.2) is 4.39 Å². The minimum atomic E-state index is -0.552. The standard InChI is InChI=1S/C16H17FN2O3/c1-21-15-8-11(2-7-14(15)22-10-16(18)20)9-19-13-5-3-12(17)4-6-13/h2-8,19H,9-10H2,1H3,(H2,18,20). The molecule has 0 aliphatic carbocycles. The van der Waals surface area contributed by atoms with E-state index in [2.05, 4.69) is 5.32 Å². The fraction of sp³-hybridized carbons (Fsp3) is 0.188. The molecule has 0 fully saturated rings. The summed E-state index contributed by atoms with van der Waals surface area (Å²) in [5, 5.41) is 3.17. The molecule has 2 aromatic rings. The van der Waals surface area contributed by atoms with Gasteiger partial charge < -0.3 is 20.5 Å². The van der Waals surface area contributed by atoms with Crippen LogP contribution in [0.15, 0.2) is 42.5 Å². The van der Waals surface area contributed by atoms with Gasteiger partial charge in [0.1, 0.15) is 5.82 Å². The van der Waals surface area contributed by atoms with Crippen LogP contribution in [0.25, 0.3) is 0 Å². The molecule has 0 saturated carbocycles. The first-order valence-electron chi connectivity index (χ1n) is 6.66. The first-order valence-corrected chi connectivity index (χ1v) is 6.66. The zero-order chi connectivity index (χ0) is 15.9. The Labute approximate surface area is 127 Å². The number of ether oxygens (including phenoxy) is 2. The summed E-state index contributed by atoms with van der Waals surface area (Å²) in [6, 6.07) is 11.5. The van der Waals surface area contributed by atoms with Gasteiger partial charge in [-0.1, -0.05) is 6.07 Å². The summed E-state index contributed by atoms with van der Waals surface area (Å²) in [5.74, 6) is 0.138. The third-order valence-corrected chi connectivity index (χ3v) is 2.94. The number of rotatable bonds is 7. The molecule has 6 heteroatoms. The molecule has 0 spiro atoms. The molecule has 22 heavy (non-hydrogen) atoms. The number of anilines is 1. The fourth-order valence-corrected chi connectivity index (χ4v) is 1.86. The molecule has 0 radical (unpaired) electrons. The molecule has 0 bridgehead atoms. The number of methoxy groups -OCH3 is 1. The second-order valence-corrected chi connectivity index (χ2v) is 4.60. The number of carbonyl (C=O) groups excluding carboxylic acids is 1. The Kier molecular flexibility index (Phi) is 5.19. The lowest BCUT2D eigenvalue weighted by Gasteiger charge is -2.12. The normalized spacial score (nSPS) is 10.1. The molecule has 116 valence electrons. The van der Waals surface area contributed by atoms with Gasteiger partial charge in [-0.15, -0.1) is 0 Å². The Morgan fingerprint density at radius 3 is 2.55 bits per heavy atom.